The van der Waals surface area contributed by atoms with Crippen molar-refractivity contribution in [2.75, 3.05) is 0 Å². The first-order valence-electron chi connectivity index (χ1n) is 8.50. The zero-order valence-electron chi connectivity index (χ0n) is 15.0. The highest BCUT2D eigenvalue weighted by molar-refractivity contribution is 6.03. The van der Waals surface area contributed by atoms with Crippen molar-refractivity contribution >= 4 is 23.7 Å². The van der Waals surface area contributed by atoms with Gasteiger partial charge in [0.05, 0.1) is 0 Å². The molecule has 6 heteroatoms. The van der Waals surface area contributed by atoms with Crippen molar-refractivity contribution in [2.45, 2.75) is 19.6 Å². The average molecular weight is 363 g/mol. The molecule has 1 aliphatic heterocycles. The fourth-order valence-corrected chi connectivity index (χ4v) is 2.63. The molecule has 1 aliphatic rings. The molecule has 1 unspecified atom stereocenters. The van der Waals surface area contributed by atoms with E-state index in [4.69, 9.17) is 20.9 Å². The highest BCUT2D eigenvalue weighted by Gasteiger charge is 2.21. The predicted octanol–water partition coefficient (Wildman–Crippen LogP) is 2.80. The lowest BCUT2D eigenvalue weighted by molar-refractivity contribution is -0.114. The van der Waals surface area contributed by atoms with Gasteiger partial charge in [-0.2, -0.15) is 4.99 Å². The monoisotopic (exact) mass is 363 g/mol. The lowest BCUT2D eigenvalue weighted by atomic mass is 10.1. The number of carbonyl (C=O) groups is 1. The Kier molecular flexibility index (Phi) is 5.56. The van der Waals surface area contributed by atoms with Gasteiger partial charge in [0.15, 0.2) is 11.7 Å². The summed E-state index contributed by atoms with van der Waals surface area (Å²) in [4.78, 5) is 15.3. The van der Waals surface area contributed by atoms with E-state index < -0.39 is 5.91 Å². The quantitative estimate of drug-likeness (QED) is 0.483. The van der Waals surface area contributed by atoms with Gasteiger partial charge >= 0.3 is 0 Å². The summed E-state index contributed by atoms with van der Waals surface area (Å²) >= 11 is 0. The molecule has 0 radical (unpaired) electrons. The van der Waals surface area contributed by atoms with Crippen molar-refractivity contribution in [3.8, 4) is 0 Å². The van der Waals surface area contributed by atoms with Crippen LogP contribution in [0.3, 0.4) is 0 Å². The molecular formula is C21H21N3O3. The molecule has 1 heterocycles. The maximum absolute atomic E-state index is 11.8. The molecule has 0 saturated carbocycles. The van der Waals surface area contributed by atoms with E-state index in [9.17, 15) is 4.79 Å². The van der Waals surface area contributed by atoms with Crippen molar-refractivity contribution in [2.24, 2.45) is 16.5 Å². The van der Waals surface area contributed by atoms with Crippen molar-refractivity contribution < 1.29 is 14.3 Å². The van der Waals surface area contributed by atoms with Crippen molar-refractivity contribution in [1.82, 2.24) is 0 Å². The van der Waals surface area contributed by atoms with E-state index in [1.807, 2.05) is 54.6 Å². The lowest BCUT2D eigenvalue weighted by Gasteiger charge is -2.12. The first-order chi connectivity index (χ1) is 13.0. The van der Waals surface area contributed by atoms with Crippen LogP contribution < -0.4 is 11.5 Å². The van der Waals surface area contributed by atoms with Gasteiger partial charge in [-0.15, -0.1) is 0 Å². The van der Waals surface area contributed by atoms with E-state index in [1.165, 1.54) is 0 Å². The number of ether oxygens (including phenoxy) is 2. The topological polar surface area (TPSA) is 99.9 Å². The largest absolute Gasteiger partial charge is 0.458 e. The maximum atomic E-state index is 11.8. The van der Waals surface area contributed by atoms with Crippen molar-refractivity contribution in [3.63, 3.8) is 0 Å². The second kappa shape index (κ2) is 8.23. The summed E-state index contributed by atoms with van der Waals surface area (Å²) in [6.07, 6.45) is 3.69. The molecule has 0 bridgehead atoms. The number of benzene rings is 2. The SMILES string of the molecule is C/C(=C\c1ccc(C2=COC(Cc3ccccc3)O2)cc1)C(=O)N=C(N)N. The summed E-state index contributed by atoms with van der Waals surface area (Å²) in [5.74, 6) is -0.0312. The van der Waals surface area contributed by atoms with Gasteiger partial charge in [-0.3, -0.25) is 4.79 Å². The molecule has 6 nitrogen and oxygen atoms in total. The molecule has 0 aliphatic carbocycles. The molecular weight excluding hydrogens is 342 g/mol. The summed E-state index contributed by atoms with van der Waals surface area (Å²) in [5, 5.41) is 0. The minimum absolute atomic E-state index is 0.251. The number of guanidine groups is 1. The van der Waals surface area contributed by atoms with Crippen molar-refractivity contribution in [3.05, 3.63) is 83.1 Å². The zero-order chi connectivity index (χ0) is 19.2. The molecule has 0 spiro atoms. The Morgan fingerprint density at radius 2 is 1.81 bits per heavy atom. The normalized spacial score (nSPS) is 16.1. The zero-order valence-corrected chi connectivity index (χ0v) is 15.0. The number of hydrogen-bond acceptors (Lipinski definition) is 3. The van der Waals surface area contributed by atoms with Gasteiger partial charge in [-0.1, -0.05) is 54.6 Å². The highest BCUT2D eigenvalue weighted by Crippen LogP contribution is 2.26. The molecule has 0 aromatic heterocycles. The standard InChI is InChI=1S/C21H21N3O3/c1-14(20(25)24-21(22)23)11-16-7-9-17(10-8-16)18-13-26-19(27-18)12-15-5-3-2-4-6-15/h2-11,13,19H,12H2,1H3,(H4,22,23,24,25)/b14-11+. The number of amides is 1. The van der Waals surface area contributed by atoms with Gasteiger partial charge in [0.25, 0.3) is 5.91 Å². The Labute approximate surface area is 157 Å². The summed E-state index contributed by atoms with van der Waals surface area (Å²) < 4.78 is 11.5. The van der Waals surface area contributed by atoms with Gasteiger partial charge in [0.1, 0.15) is 6.26 Å². The molecule has 1 amide bonds. The van der Waals surface area contributed by atoms with Crippen LogP contribution in [0.15, 0.2) is 71.4 Å². The van der Waals surface area contributed by atoms with E-state index in [-0.39, 0.29) is 12.2 Å². The third-order valence-corrected chi connectivity index (χ3v) is 3.98. The van der Waals surface area contributed by atoms with Crippen LogP contribution in [0.4, 0.5) is 0 Å². The molecule has 2 aromatic rings. The molecule has 2 aromatic carbocycles. The van der Waals surface area contributed by atoms with Gasteiger partial charge < -0.3 is 20.9 Å². The van der Waals surface area contributed by atoms with Crippen LogP contribution in [-0.2, 0) is 20.7 Å². The first kappa shape index (κ1) is 18.3. The maximum Gasteiger partial charge on any atom is 0.275 e. The third-order valence-electron chi connectivity index (χ3n) is 3.98. The minimum atomic E-state index is -0.460. The second-order valence-corrected chi connectivity index (χ2v) is 6.15. The Morgan fingerprint density at radius 3 is 2.48 bits per heavy atom. The Balaban J connectivity index is 1.62. The first-order valence-corrected chi connectivity index (χ1v) is 8.50. The van der Waals surface area contributed by atoms with Crippen LogP contribution in [0, 0.1) is 0 Å². The van der Waals surface area contributed by atoms with Crippen LogP contribution >= 0.6 is 0 Å². The molecule has 4 N–H and O–H groups in total. The molecule has 0 fully saturated rings. The lowest BCUT2D eigenvalue weighted by Crippen LogP contribution is -2.24. The molecule has 138 valence electrons. The average Bonchev–Trinajstić information content (AvgIpc) is 3.11. The molecule has 3 rings (SSSR count). The minimum Gasteiger partial charge on any atom is -0.458 e. The fourth-order valence-electron chi connectivity index (χ4n) is 2.63. The summed E-state index contributed by atoms with van der Waals surface area (Å²) in [7, 11) is 0. The Bertz CT molecular complexity index is 896. The van der Waals surface area contributed by atoms with E-state index >= 15 is 0 Å². The fraction of sp³-hybridized carbons (Fsp3) is 0.143. The molecule has 0 saturated heterocycles. The number of aliphatic imine (C=N–C) groups is 1. The Morgan fingerprint density at radius 1 is 1.11 bits per heavy atom. The van der Waals surface area contributed by atoms with E-state index in [2.05, 4.69) is 4.99 Å². The van der Waals surface area contributed by atoms with E-state index in [1.54, 1.807) is 19.3 Å². The van der Waals surface area contributed by atoms with Crippen LogP contribution in [0.1, 0.15) is 23.6 Å². The van der Waals surface area contributed by atoms with Crippen LogP contribution in [-0.4, -0.2) is 18.2 Å². The summed E-state index contributed by atoms with van der Waals surface area (Å²) in [5.41, 5.74) is 13.8. The van der Waals surface area contributed by atoms with E-state index in [0.717, 1.165) is 16.7 Å². The number of carbonyl (C=O) groups excluding carboxylic acids is 1. The summed E-state index contributed by atoms with van der Waals surface area (Å²) in [6.45, 7) is 1.66. The van der Waals surface area contributed by atoms with Crippen LogP contribution in [0.5, 0.6) is 0 Å². The van der Waals surface area contributed by atoms with Crippen molar-refractivity contribution in [1.29, 1.82) is 0 Å². The van der Waals surface area contributed by atoms with Crippen LogP contribution in [0.25, 0.3) is 11.8 Å². The van der Waals surface area contributed by atoms with Crippen LogP contribution in [0.2, 0.25) is 0 Å². The van der Waals surface area contributed by atoms with E-state index in [0.29, 0.717) is 17.8 Å². The second-order valence-electron chi connectivity index (χ2n) is 6.15. The van der Waals surface area contributed by atoms with Gasteiger partial charge in [-0.25, -0.2) is 0 Å². The van der Waals surface area contributed by atoms with Gasteiger partial charge in [0, 0.05) is 17.6 Å². The van der Waals surface area contributed by atoms with Gasteiger partial charge in [0.2, 0.25) is 6.29 Å². The molecule has 27 heavy (non-hydrogen) atoms. The highest BCUT2D eigenvalue weighted by atomic mass is 16.7. The smallest absolute Gasteiger partial charge is 0.275 e. The molecule has 1 atom stereocenters. The Hall–Kier alpha value is -3.54. The van der Waals surface area contributed by atoms with Gasteiger partial charge in [-0.05, 0) is 24.1 Å². The number of rotatable bonds is 5. The number of nitrogens with zero attached hydrogens (tertiary/aromatic N) is 1. The number of nitrogens with two attached hydrogens (primary N) is 2. The third kappa shape index (κ3) is 4.98. The predicted molar refractivity (Wildman–Crippen MR) is 105 cm³/mol. The number of hydrogen-bond donors (Lipinski definition) is 2. The summed E-state index contributed by atoms with van der Waals surface area (Å²) in [6, 6.07) is 17.6.